The molecule has 1 saturated carbocycles. The fraction of sp³-hybridized carbons (Fsp3) is 0.500. The zero-order chi connectivity index (χ0) is 15.6. The van der Waals surface area contributed by atoms with E-state index in [2.05, 4.69) is 17.2 Å². The first-order chi connectivity index (χ1) is 10.8. The molecule has 0 radical (unpaired) electrons. The van der Waals surface area contributed by atoms with Crippen LogP contribution in [0.5, 0.6) is 5.75 Å². The number of benzene rings is 1. The molecule has 0 aromatic heterocycles. The molecule has 0 bridgehead atoms. The Balaban J connectivity index is 1.79. The Morgan fingerprint density at radius 1 is 1.27 bits per heavy atom. The molecule has 0 heterocycles. The van der Waals surface area contributed by atoms with Gasteiger partial charge >= 0.3 is 0 Å². The largest absolute Gasteiger partial charge is 0.483 e. The molecular weight excluding hydrogens is 276 g/mol. The van der Waals surface area contributed by atoms with Crippen LogP contribution < -0.4 is 15.4 Å². The van der Waals surface area contributed by atoms with E-state index in [1.807, 2.05) is 30.3 Å². The fourth-order valence-electron chi connectivity index (χ4n) is 2.76. The molecule has 4 nitrogen and oxygen atoms in total. The molecule has 1 aromatic rings. The second-order valence-corrected chi connectivity index (χ2v) is 5.72. The van der Waals surface area contributed by atoms with Crippen molar-refractivity contribution in [3.05, 3.63) is 42.5 Å². The average molecular weight is 302 g/mol. The molecule has 1 amide bonds. The Kier molecular flexibility index (Phi) is 6.97. The van der Waals surface area contributed by atoms with Gasteiger partial charge in [0, 0.05) is 24.7 Å². The molecule has 0 aliphatic heterocycles. The van der Waals surface area contributed by atoms with Crippen molar-refractivity contribution in [3.8, 4) is 5.75 Å². The van der Waals surface area contributed by atoms with Crippen LogP contribution in [0.25, 0.3) is 0 Å². The first kappa shape index (κ1) is 16.6. The molecule has 0 saturated heterocycles. The minimum Gasteiger partial charge on any atom is -0.483 e. The van der Waals surface area contributed by atoms with Gasteiger partial charge < -0.3 is 15.4 Å². The summed E-state index contributed by atoms with van der Waals surface area (Å²) in [4.78, 5) is 12.0. The van der Waals surface area contributed by atoms with Crippen LogP contribution in [-0.2, 0) is 11.3 Å². The maximum Gasteiger partial charge on any atom is 0.258 e. The Morgan fingerprint density at radius 2 is 2.05 bits per heavy atom. The molecular formula is C18H26N2O2. The zero-order valence-corrected chi connectivity index (χ0v) is 13.1. The van der Waals surface area contributed by atoms with E-state index >= 15 is 0 Å². The third-order valence-corrected chi connectivity index (χ3v) is 3.91. The predicted molar refractivity (Wildman–Crippen MR) is 88.9 cm³/mol. The van der Waals surface area contributed by atoms with Gasteiger partial charge in [-0.1, -0.05) is 43.5 Å². The number of rotatable bonds is 8. The monoisotopic (exact) mass is 302 g/mol. The summed E-state index contributed by atoms with van der Waals surface area (Å²) in [5.41, 5.74) is 1.05. The summed E-state index contributed by atoms with van der Waals surface area (Å²) in [5, 5.41) is 6.31. The minimum atomic E-state index is -0.0271. The van der Waals surface area contributed by atoms with Gasteiger partial charge in [0.2, 0.25) is 0 Å². The average Bonchev–Trinajstić information content (AvgIpc) is 2.55. The van der Waals surface area contributed by atoms with Crippen LogP contribution in [0.4, 0.5) is 0 Å². The summed E-state index contributed by atoms with van der Waals surface area (Å²) in [7, 11) is 0. The normalized spacial score (nSPS) is 15.3. The van der Waals surface area contributed by atoms with Gasteiger partial charge in [0.15, 0.2) is 6.61 Å². The summed E-state index contributed by atoms with van der Waals surface area (Å²) in [6, 6.07) is 8.13. The Labute approximate surface area is 132 Å². The first-order valence-electron chi connectivity index (χ1n) is 8.11. The zero-order valence-electron chi connectivity index (χ0n) is 13.1. The Bertz CT molecular complexity index is 482. The second-order valence-electron chi connectivity index (χ2n) is 5.72. The summed E-state index contributed by atoms with van der Waals surface area (Å²) >= 11 is 0. The molecule has 1 aliphatic rings. The fourth-order valence-corrected chi connectivity index (χ4v) is 2.76. The van der Waals surface area contributed by atoms with Crippen LogP contribution in [0.2, 0.25) is 0 Å². The van der Waals surface area contributed by atoms with E-state index in [1.54, 1.807) is 0 Å². The Morgan fingerprint density at radius 3 is 2.82 bits per heavy atom. The van der Waals surface area contributed by atoms with Gasteiger partial charge in [-0.3, -0.25) is 4.79 Å². The van der Waals surface area contributed by atoms with E-state index in [0.29, 0.717) is 12.6 Å². The molecule has 0 spiro atoms. The second kappa shape index (κ2) is 9.26. The number of hydrogen-bond acceptors (Lipinski definition) is 3. The van der Waals surface area contributed by atoms with Crippen molar-refractivity contribution in [2.24, 2.45) is 0 Å². The summed E-state index contributed by atoms with van der Waals surface area (Å²) in [6.45, 7) is 5.21. The van der Waals surface area contributed by atoms with Crippen LogP contribution in [0.15, 0.2) is 36.9 Å². The first-order valence-corrected chi connectivity index (χ1v) is 8.11. The molecule has 1 aliphatic carbocycles. The number of carbonyl (C=O) groups excluding carboxylic acids is 1. The van der Waals surface area contributed by atoms with E-state index in [-0.39, 0.29) is 12.5 Å². The highest BCUT2D eigenvalue weighted by atomic mass is 16.5. The van der Waals surface area contributed by atoms with E-state index in [0.717, 1.165) is 30.7 Å². The highest BCUT2D eigenvalue weighted by molar-refractivity contribution is 5.77. The molecule has 1 aromatic carbocycles. The molecule has 22 heavy (non-hydrogen) atoms. The van der Waals surface area contributed by atoms with E-state index < -0.39 is 0 Å². The van der Waals surface area contributed by atoms with E-state index in [1.165, 1.54) is 19.3 Å². The van der Waals surface area contributed by atoms with Crippen LogP contribution in [0.3, 0.4) is 0 Å². The molecule has 2 N–H and O–H groups in total. The molecule has 4 heteroatoms. The maximum absolute atomic E-state index is 12.0. The lowest BCUT2D eigenvalue weighted by molar-refractivity contribution is -0.124. The van der Waals surface area contributed by atoms with Crippen molar-refractivity contribution in [3.63, 3.8) is 0 Å². The number of carbonyl (C=O) groups is 1. The molecule has 120 valence electrons. The van der Waals surface area contributed by atoms with Gasteiger partial charge in [0.1, 0.15) is 5.75 Å². The summed E-state index contributed by atoms with van der Waals surface area (Å²) in [6.07, 6.45) is 7.71. The maximum atomic E-state index is 12.0. The van der Waals surface area contributed by atoms with Gasteiger partial charge in [0.25, 0.3) is 5.91 Å². The number of para-hydroxylation sites is 1. The standard InChI is InChI=1S/C18H26N2O2/c1-2-12-19-13-15-8-6-7-11-17(15)22-14-18(21)20-16-9-4-3-5-10-16/h2,6-8,11,16,19H,1,3-5,9-10,12-14H2,(H,20,21). The summed E-state index contributed by atoms with van der Waals surface area (Å²) in [5.74, 6) is 0.735. The lowest BCUT2D eigenvalue weighted by Crippen LogP contribution is -2.39. The summed E-state index contributed by atoms with van der Waals surface area (Å²) < 4.78 is 5.69. The smallest absolute Gasteiger partial charge is 0.258 e. The minimum absolute atomic E-state index is 0.0271. The van der Waals surface area contributed by atoms with Gasteiger partial charge in [-0.05, 0) is 18.9 Å². The molecule has 1 fully saturated rings. The van der Waals surface area contributed by atoms with Crippen LogP contribution in [0, 0.1) is 0 Å². The number of nitrogens with one attached hydrogen (secondary N) is 2. The van der Waals surface area contributed by atoms with Crippen LogP contribution in [-0.4, -0.2) is 25.1 Å². The van der Waals surface area contributed by atoms with Gasteiger partial charge in [-0.25, -0.2) is 0 Å². The van der Waals surface area contributed by atoms with Gasteiger partial charge in [0.05, 0.1) is 0 Å². The number of hydrogen-bond donors (Lipinski definition) is 2. The van der Waals surface area contributed by atoms with Crippen molar-refractivity contribution in [1.82, 2.24) is 10.6 Å². The highest BCUT2D eigenvalue weighted by Crippen LogP contribution is 2.19. The predicted octanol–water partition coefficient (Wildman–Crippen LogP) is 2.79. The lowest BCUT2D eigenvalue weighted by Gasteiger charge is -2.22. The van der Waals surface area contributed by atoms with Crippen molar-refractivity contribution < 1.29 is 9.53 Å². The van der Waals surface area contributed by atoms with Crippen LogP contribution >= 0.6 is 0 Å². The SMILES string of the molecule is C=CCNCc1ccccc1OCC(=O)NC1CCCCC1. The number of ether oxygens (including phenoxy) is 1. The Hall–Kier alpha value is -1.81. The molecule has 0 unspecified atom stereocenters. The van der Waals surface area contributed by atoms with E-state index in [9.17, 15) is 4.79 Å². The van der Waals surface area contributed by atoms with E-state index in [4.69, 9.17) is 4.74 Å². The lowest BCUT2D eigenvalue weighted by atomic mass is 9.95. The molecule has 2 rings (SSSR count). The van der Waals surface area contributed by atoms with Crippen molar-refractivity contribution in [2.75, 3.05) is 13.2 Å². The quantitative estimate of drug-likeness (QED) is 0.573. The third-order valence-electron chi connectivity index (χ3n) is 3.91. The van der Waals surface area contributed by atoms with Crippen molar-refractivity contribution in [2.45, 2.75) is 44.7 Å². The topological polar surface area (TPSA) is 50.4 Å². The van der Waals surface area contributed by atoms with Crippen molar-refractivity contribution >= 4 is 5.91 Å². The number of amides is 1. The van der Waals surface area contributed by atoms with Crippen molar-refractivity contribution in [1.29, 1.82) is 0 Å². The third kappa shape index (κ3) is 5.53. The molecule has 0 atom stereocenters. The highest BCUT2D eigenvalue weighted by Gasteiger charge is 2.16. The van der Waals surface area contributed by atoms with Gasteiger partial charge in [-0.2, -0.15) is 0 Å². The van der Waals surface area contributed by atoms with Crippen LogP contribution in [0.1, 0.15) is 37.7 Å². The van der Waals surface area contributed by atoms with Gasteiger partial charge in [-0.15, -0.1) is 6.58 Å².